The summed E-state index contributed by atoms with van der Waals surface area (Å²) >= 11 is 0. The summed E-state index contributed by atoms with van der Waals surface area (Å²) in [7, 11) is 1.54. The number of fused-ring (bicyclic) bond motifs is 1. The average Bonchev–Trinajstić information content (AvgIpc) is 3.08. The number of methoxy groups -OCH3 is 1. The van der Waals surface area contributed by atoms with Gasteiger partial charge in [0.1, 0.15) is 18.2 Å². The molecule has 3 heterocycles. The Hall–Kier alpha value is -2.94. The van der Waals surface area contributed by atoms with E-state index in [4.69, 9.17) is 9.47 Å². The van der Waals surface area contributed by atoms with Crippen LogP contribution in [0.25, 0.3) is 0 Å². The molecule has 1 aromatic heterocycles. The number of likely N-dealkylation sites (tertiary alicyclic amines) is 1. The van der Waals surface area contributed by atoms with Gasteiger partial charge in [0.25, 0.3) is 5.91 Å². The summed E-state index contributed by atoms with van der Waals surface area (Å²) in [6.45, 7) is 4.52. The van der Waals surface area contributed by atoms with E-state index in [2.05, 4.69) is 14.8 Å². The quantitative estimate of drug-likeness (QED) is 0.679. The number of benzene rings is 1. The summed E-state index contributed by atoms with van der Waals surface area (Å²) in [6, 6.07) is 7.59. The third-order valence-corrected chi connectivity index (χ3v) is 6.15. The molecule has 2 aliphatic heterocycles. The predicted molar refractivity (Wildman–Crippen MR) is 117 cm³/mol. The summed E-state index contributed by atoms with van der Waals surface area (Å²) in [4.78, 5) is 29.0. The first-order valence-corrected chi connectivity index (χ1v) is 11.2. The number of aryl methyl sites for hydroxylation is 1. The maximum atomic E-state index is 12.8. The van der Waals surface area contributed by atoms with E-state index in [1.54, 1.807) is 0 Å². The van der Waals surface area contributed by atoms with Crippen molar-refractivity contribution < 1.29 is 19.1 Å². The summed E-state index contributed by atoms with van der Waals surface area (Å²) in [5.41, 5.74) is 1.09. The van der Waals surface area contributed by atoms with Crippen molar-refractivity contribution >= 4 is 11.8 Å². The third-order valence-electron chi connectivity index (χ3n) is 6.15. The summed E-state index contributed by atoms with van der Waals surface area (Å²) in [5, 5.41) is 8.86. The lowest BCUT2D eigenvalue weighted by atomic mass is 10.0. The largest absolute Gasteiger partial charge is 0.484 e. The maximum Gasteiger partial charge on any atom is 0.260 e. The molecule has 4 rings (SSSR count). The van der Waals surface area contributed by atoms with E-state index < -0.39 is 0 Å². The zero-order chi connectivity index (χ0) is 22.5. The molecule has 9 heteroatoms. The molecule has 0 spiro atoms. The van der Waals surface area contributed by atoms with Gasteiger partial charge in [-0.15, -0.1) is 10.2 Å². The van der Waals surface area contributed by atoms with Crippen LogP contribution in [0.2, 0.25) is 0 Å². The minimum absolute atomic E-state index is 0.0127. The lowest BCUT2D eigenvalue weighted by Gasteiger charge is -2.35. The van der Waals surface area contributed by atoms with E-state index >= 15 is 0 Å². The molecule has 0 aliphatic carbocycles. The molecule has 2 amide bonds. The van der Waals surface area contributed by atoms with E-state index in [0.29, 0.717) is 38.3 Å². The highest BCUT2D eigenvalue weighted by Crippen LogP contribution is 2.31. The van der Waals surface area contributed by atoms with Gasteiger partial charge in [-0.1, -0.05) is 12.1 Å². The molecular weight excluding hydrogens is 410 g/mol. The summed E-state index contributed by atoms with van der Waals surface area (Å²) in [6.07, 6.45) is 3.52. The number of nitrogens with zero attached hydrogens (tertiary/aromatic N) is 5. The van der Waals surface area contributed by atoms with Crippen molar-refractivity contribution in [2.24, 2.45) is 0 Å². The Morgan fingerprint density at radius 3 is 2.75 bits per heavy atom. The number of rotatable bonds is 6. The average molecular weight is 442 g/mol. The first kappa shape index (κ1) is 22.3. The van der Waals surface area contributed by atoms with Crippen molar-refractivity contribution in [1.29, 1.82) is 0 Å². The highest BCUT2D eigenvalue weighted by molar-refractivity contribution is 5.78. The van der Waals surface area contributed by atoms with Crippen LogP contribution in [0.1, 0.15) is 42.5 Å². The lowest BCUT2D eigenvalue weighted by Crippen LogP contribution is -2.41. The fourth-order valence-electron chi connectivity index (χ4n) is 4.49. The van der Waals surface area contributed by atoms with Gasteiger partial charge in [-0.3, -0.25) is 9.59 Å². The molecule has 1 fully saturated rings. The smallest absolute Gasteiger partial charge is 0.260 e. The Morgan fingerprint density at radius 2 is 1.94 bits per heavy atom. The number of ether oxygens (including phenoxy) is 2. The second-order valence-corrected chi connectivity index (χ2v) is 8.39. The minimum Gasteiger partial charge on any atom is -0.484 e. The molecule has 0 N–H and O–H groups in total. The fraction of sp³-hybridized carbons (Fsp3) is 0.565. The Balaban J connectivity index is 1.41. The van der Waals surface area contributed by atoms with Crippen LogP contribution in [0.4, 0.5) is 0 Å². The molecule has 2 aromatic rings. The SMILES string of the molecule is COCC(=O)N1CCCCC1c1nnc2n1CCN(C(=O)COc1cccc(C)c1)CC2. The van der Waals surface area contributed by atoms with Gasteiger partial charge >= 0.3 is 0 Å². The number of hydrogen-bond acceptors (Lipinski definition) is 6. The van der Waals surface area contributed by atoms with Crippen molar-refractivity contribution in [3.8, 4) is 5.75 Å². The summed E-state index contributed by atoms with van der Waals surface area (Å²) in [5.74, 6) is 2.31. The van der Waals surface area contributed by atoms with Crippen molar-refractivity contribution in [3.05, 3.63) is 41.5 Å². The third kappa shape index (κ3) is 4.93. The van der Waals surface area contributed by atoms with E-state index in [9.17, 15) is 9.59 Å². The van der Waals surface area contributed by atoms with Crippen LogP contribution in [-0.4, -0.2) is 76.3 Å². The van der Waals surface area contributed by atoms with Crippen molar-refractivity contribution in [3.63, 3.8) is 0 Å². The number of piperidine rings is 1. The van der Waals surface area contributed by atoms with Gasteiger partial charge in [-0.25, -0.2) is 0 Å². The zero-order valence-corrected chi connectivity index (χ0v) is 18.8. The lowest BCUT2D eigenvalue weighted by molar-refractivity contribution is -0.139. The zero-order valence-electron chi connectivity index (χ0n) is 18.8. The maximum absolute atomic E-state index is 12.8. The van der Waals surface area contributed by atoms with Crippen LogP contribution in [0.5, 0.6) is 5.75 Å². The van der Waals surface area contributed by atoms with Crippen LogP contribution in [0.15, 0.2) is 24.3 Å². The normalized spacial score (nSPS) is 18.8. The van der Waals surface area contributed by atoms with Crippen LogP contribution < -0.4 is 4.74 Å². The van der Waals surface area contributed by atoms with Gasteiger partial charge in [0.15, 0.2) is 12.4 Å². The van der Waals surface area contributed by atoms with Gasteiger partial charge < -0.3 is 23.8 Å². The summed E-state index contributed by atoms with van der Waals surface area (Å²) < 4.78 is 12.9. The van der Waals surface area contributed by atoms with Crippen molar-refractivity contribution in [1.82, 2.24) is 24.6 Å². The Bertz CT molecular complexity index is 960. The number of carbonyl (C=O) groups is 2. The predicted octanol–water partition coefficient (Wildman–Crippen LogP) is 1.75. The molecule has 32 heavy (non-hydrogen) atoms. The first-order valence-electron chi connectivity index (χ1n) is 11.2. The van der Waals surface area contributed by atoms with Gasteiger partial charge in [-0.2, -0.15) is 0 Å². The molecule has 9 nitrogen and oxygen atoms in total. The Morgan fingerprint density at radius 1 is 1.06 bits per heavy atom. The molecule has 172 valence electrons. The number of carbonyl (C=O) groups excluding carboxylic acids is 2. The van der Waals surface area contributed by atoms with Crippen LogP contribution >= 0.6 is 0 Å². The van der Waals surface area contributed by atoms with Crippen LogP contribution in [0, 0.1) is 6.92 Å². The molecule has 1 unspecified atom stereocenters. The van der Waals surface area contributed by atoms with Gasteiger partial charge in [0.2, 0.25) is 5.91 Å². The molecular formula is C23H31N5O4. The number of amides is 2. The van der Waals surface area contributed by atoms with Gasteiger partial charge in [0.05, 0.1) is 6.04 Å². The molecule has 2 aliphatic rings. The van der Waals surface area contributed by atoms with E-state index in [0.717, 1.165) is 36.5 Å². The van der Waals surface area contributed by atoms with E-state index in [-0.39, 0.29) is 31.1 Å². The molecule has 0 bridgehead atoms. The molecule has 0 radical (unpaired) electrons. The minimum atomic E-state index is -0.0976. The monoisotopic (exact) mass is 441 g/mol. The number of hydrogen-bond donors (Lipinski definition) is 0. The standard InChI is InChI=1S/C23H31N5O4/c1-17-6-5-7-18(14-17)32-16-21(29)26-11-9-20-24-25-23(28(20)13-12-26)19-8-3-4-10-27(19)22(30)15-31-2/h5-7,14,19H,3-4,8-13,15-16H2,1-2H3. The molecule has 1 atom stereocenters. The Kier molecular flexibility index (Phi) is 7.04. The van der Waals surface area contributed by atoms with E-state index in [1.165, 1.54) is 7.11 Å². The van der Waals surface area contributed by atoms with Crippen LogP contribution in [0.3, 0.4) is 0 Å². The number of aromatic nitrogens is 3. The Labute approximate surface area is 188 Å². The fourth-order valence-corrected chi connectivity index (χ4v) is 4.49. The second kappa shape index (κ2) is 10.1. The van der Waals surface area contributed by atoms with Gasteiger partial charge in [-0.05, 0) is 43.9 Å². The molecule has 0 saturated carbocycles. The molecule has 1 aromatic carbocycles. The first-order chi connectivity index (χ1) is 15.6. The van der Waals surface area contributed by atoms with Crippen LogP contribution in [-0.2, 0) is 27.3 Å². The highest BCUT2D eigenvalue weighted by Gasteiger charge is 2.33. The van der Waals surface area contributed by atoms with Crippen molar-refractivity contribution in [2.75, 3.05) is 40.0 Å². The molecule has 1 saturated heterocycles. The van der Waals surface area contributed by atoms with Crippen molar-refractivity contribution in [2.45, 2.75) is 45.2 Å². The van der Waals surface area contributed by atoms with E-state index in [1.807, 2.05) is 41.0 Å². The topological polar surface area (TPSA) is 89.8 Å². The highest BCUT2D eigenvalue weighted by atomic mass is 16.5. The van der Waals surface area contributed by atoms with Gasteiger partial charge in [0, 0.05) is 39.7 Å². The second-order valence-electron chi connectivity index (χ2n) is 8.39.